The number of rotatable bonds is 8. The van der Waals surface area contributed by atoms with E-state index in [4.69, 9.17) is 4.74 Å². The molecule has 1 saturated carbocycles. The zero-order chi connectivity index (χ0) is 15.2. The molecule has 0 spiro atoms. The summed E-state index contributed by atoms with van der Waals surface area (Å²) < 4.78 is 6.55. The molecule has 0 aromatic carbocycles. The molecule has 1 rings (SSSR count). The summed E-state index contributed by atoms with van der Waals surface area (Å²) in [5.74, 6) is 0.796. The maximum Gasteiger partial charge on any atom is 0.0729 e. The second-order valence-corrected chi connectivity index (χ2v) is 7.57. The minimum Gasteiger partial charge on any atom is -0.373 e. The third kappa shape index (κ3) is 5.73. The minimum absolute atomic E-state index is 0.376. The maximum atomic E-state index is 6.55. The zero-order valence-corrected chi connectivity index (χ0v) is 14.7. The molecule has 1 aliphatic carbocycles. The Bertz CT molecular complexity index is 258. The van der Waals surface area contributed by atoms with Crippen molar-refractivity contribution in [1.29, 1.82) is 0 Å². The fourth-order valence-electron chi connectivity index (χ4n) is 4.08. The van der Waals surface area contributed by atoms with E-state index in [9.17, 15) is 0 Å². The van der Waals surface area contributed by atoms with Crippen LogP contribution in [0, 0.1) is 11.3 Å². The van der Waals surface area contributed by atoms with Gasteiger partial charge in [0.25, 0.3) is 0 Å². The highest BCUT2D eigenvalue weighted by molar-refractivity contribution is 4.85. The molecule has 0 aromatic heterocycles. The fourth-order valence-corrected chi connectivity index (χ4v) is 4.08. The highest BCUT2D eigenvalue weighted by Gasteiger charge is 2.34. The van der Waals surface area contributed by atoms with Gasteiger partial charge in [-0.05, 0) is 50.0 Å². The van der Waals surface area contributed by atoms with Gasteiger partial charge in [0.1, 0.15) is 0 Å². The molecule has 0 bridgehead atoms. The van der Waals surface area contributed by atoms with E-state index < -0.39 is 0 Å². The van der Waals surface area contributed by atoms with E-state index in [0.29, 0.717) is 23.7 Å². The molecule has 0 aliphatic heterocycles. The molecule has 0 aromatic rings. The lowest BCUT2D eigenvalue weighted by molar-refractivity contribution is -0.0796. The van der Waals surface area contributed by atoms with Crippen LogP contribution in [0.15, 0.2) is 0 Å². The first kappa shape index (κ1) is 18.0. The summed E-state index contributed by atoms with van der Waals surface area (Å²) in [7, 11) is 0. The first-order chi connectivity index (χ1) is 9.41. The van der Waals surface area contributed by atoms with Gasteiger partial charge in [-0.3, -0.25) is 0 Å². The summed E-state index contributed by atoms with van der Waals surface area (Å²) in [5.41, 5.74) is 0.444. The van der Waals surface area contributed by atoms with Crippen LogP contribution in [-0.4, -0.2) is 24.8 Å². The second kappa shape index (κ2) is 8.38. The first-order valence-electron chi connectivity index (χ1n) is 8.80. The number of ether oxygens (including phenoxy) is 1. The van der Waals surface area contributed by atoms with E-state index in [1.165, 1.54) is 32.1 Å². The number of likely N-dealkylation sites (N-methyl/N-ethyl adjacent to an activating group) is 1. The van der Waals surface area contributed by atoms with Crippen molar-refractivity contribution in [2.24, 2.45) is 11.3 Å². The van der Waals surface area contributed by atoms with Crippen LogP contribution in [0.3, 0.4) is 0 Å². The molecule has 4 atom stereocenters. The molecule has 1 aliphatic rings. The lowest BCUT2D eigenvalue weighted by Crippen LogP contribution is -2.44. The number of hydrogen-bond donors (Lipinski definition) is 1. The van der Waals surface area contributed by atoms with Crippen LogP contribution in [0.1, 0.15) is 80.1 Å². The van der Waals surface area contributed by atoms with Crippen LogP contribution in [0.4, 0.5) is 0 Å². The Kier molecular flexibility index (Phi) is 7.53. The monoisotopic (exact) mass is 283 g/mol. The van der Waals surface area contributed by atoms with Gasteiger partial charge in [-0.15, -0.1) is 0 Å². The van der Waals surface area contributed by atoms with Crippen molar-refractivity contribution in [3.8, 4) is 0 Å². The van der Waals surface area contributed by atoms with Gasteiger partial charge in [0.2, 0.25) is 0 Å². The summed E-state index contributed by atoms with van der Waals surface area (Å²) >= 11 is 0. The van der Waals surface area contributed by atoms with Gasteiger partial charge >= 0.3 is 0 Å². The molecular weight excluding hydrogens is 246 g/mol. The van der Waals surface area contributed by atoms with Gasteiger partial charge in [-0.1, -0.05) is 48.0 Å². The third-order valence-corrected chi connectivity index (χ3v) is 4.63. The first-order valence-corrected chi connectivity index (χ1v) is 8.80. The van der Waals surface area contributed by atoms with Crippen LogP contribution in [0.2, 0.25) is 0 Å². The van der Waals surface area contributed by atoms with Gasteiger partial charge in [0, 0.05) is 6.04 Å². The predicted molar refractivity (Wildman–Crippen MR) is 88.1 cm³/mol. The molecule has 2 nitrogen and oxygen atoms in total. The average molecular weight is 284 g/mol. The Morgan fingerprint density at radius 3 is 2.40 bits per heavy atom. The molecule has 4 unspecified atom stereocenters. The Balaban J connectivity index is 2.61. The molecule has 2 heteroatoms. The van der Waals surface area contributed by atoms with Crippen molar-refractivity contribution in [3.63, 3.8) is 0 Å². The molecule has 1 N–H and O–H groups in total. The van der Waals surface area contributed by atoms with Crippen molar-refractivity contribution < 1.29 is 4.74 Å². The van der Waals surface area contributed by atoms with Gasteiger partial charge in [-0.25, -0.2) is 0 Å². The lowest BCUT2D eigenvalue weighted by atomic mass is 9.71. The zero-order valence-electron chi connectivity index (χ0n) is 14.7. The van der Waals surface area contributed by atoms with E-state index >= 15 is 0 Å². The summed E-state index contributed by atoms with van der Waals surface area (Å²) in [6, 6.07) is 0.523. The van der Waals surface area contributed by atoms with Gasteiger partial charge in [0.05, 0.1) is 12.2 Å². The van der Waals surface area contributed by atoms with Crippen molar-refractivity contribution >= 4 is 0 Å². The van der Waals surface area contributed by atoms with Crippen molar-refractivity contribution in [2.45, 2.75) is 98.3 Å². The van der Waals surface area contributed by atoms with E-state index in [1.54, 1.807) is 0 Å². The van der Waals surface area contributed by atoms with Crippen LogP contribution < -0.4 is 5.32 Å². The fraction of sp³-hybridized carbons (Fsp3) is 1.00. The molecule has 0 radical (unpaired) electrons. The Morgan fingerprint density at radius 2 is 1.90 bits per heavy atom. The van der Waals surface area contributed by atoms with Crippen molar-refractivity contribution in [1.82, 2.24) is 5.32 Å². The average Bonchev–Trinajstić information content (AvgIpc) is 2.33. The summed E-state index contributed by atoms with van der Waals surface area (Å²) in [5, 5.41) is 3.63. The van der Waals surface area contributed by atoms with Crippen LogP contribution >= 0.6 is 0 Å². The smallest absolute Gasteiger partial charge is 0.0729 e. The van der Waals surface area contributed by atoms with E-state index in [0.717, 1.165) is 18.9 Å². The molecule has 0 amide bonds. The molecular formula is C18H37NO. The highest BCUT2D eigenvalue weighted by atomic mass is 16.5. The molecule has 1 fully saturated rings. The molecule has 0 heterocycles. The van der Waals surface area contributed by atoms with E-state index in [2.05, 4.69) is 46.9 Å². The normalized spacial score (nSPS) is 29.1. The van der Waals surface area contributed by atoms with Gasteiger partial charge in [0.15, 0.2) is 0 Å². The Morgan fingerprint density at radius 1 is 1.20 bits per heavy atom. The number of nitrogens with one attached hydrogen (secondary N) is 1. The van der Waals surface area contributed by atoms with Gasteiger partial charge < -0.3 is 10.1 Å². The SMILES string of the molecule is CCCC(NCC)C(CC)OC1CC(C)CC(C)(C)C1. The van der Waals surface area contributed by atoms with E-state index in [1.807, 2.05) is 0 Å². The summed E-state index contributed by atoms with van der Waals surface area (Å²) in [4.78, 5) is 0. The Labute approximate surface area is 127 Å². The lowest BCUT2D eigenvalue weighted by Gasteiger charge is -2.41. The van der Waals surface area contributed by atoms with Crippen molar-refractivity contribution in [2.75, 3.05) is 6.54 Å². The van der Waals surface area contributed by atoms with Gasteiger partial charge in [-0.2, -0.15) is 0 Å². The second-order valence-electron chi connectivity index (χ2n) is 7.57. The highest BCUT2D eigenvalue weighted by Crippen LogP contribution is 2.40. The van der Waals surface area contributed by atoms with Crippen LogP contribution in [0.25, 0.3) is 0 Å². The largest absolute Gasteiger partial charge is 0.373 e. The minimum atomic E-state index is 0.376. The maximum absolute atomic E-state index is 6.55. The van der Waals surface area contributed by atoms with Crippen LogP contribution in [0.5, 0.6) is 0 Å². The summed E-state index contributed by atoms with van der Waals surface area (Å²) in [6.07, 6.45) is 8.20. The number of hydrogen-bond acceptors (Lipinski definition) is 2. The Hall–Kier alpha value is -0.0800. The summed E-state index contributed by atoms with van der Waals surface area (Å²) in [6.45, 7) is 14.9. The van der Waals surface area contributed by atoms with E-state index in [-0.39, 0.29) is 0 Å². The predicted octanol–water partition coefficient (Wildman–Crippen LogP) is 4.77. The molecule has 120 valence electrons. The molecule has 20 heavy (non-hydrogen) atoms. The standard InChI is InChI=1S/C18H37NO/c1-7-10-16(19-9-3)17(8-2)20-15-11-14(4)12-18(5,6)13-15/h14-17,19H,7-13H2,1-6H3. The van der Waals surface area contributed by atoms with Crippen molar-refractivity contribution in [3.05, 3.63) is 0 Å². The van der Waals surface area contributed by atoms with Crippen LogP contribution in [-0.2, 0) is 4.74 Å². The third-order valence-electron chi connectivity index (χ3n) is 4.63. The molecule has 0 saturated heterocycles. The topological polar surface area (TPSA) is 21.3 Å². The quantitative estimate of drug-likeness (QED) is 0.692.